The van der Waals surface area contributed by atoms with Crippen molar-refractivity contribution in [3.8, 4) is 0 Å². The van der Waals surface area contributed by atoms with Gasteiger partial charge in [0.1, 0.15) is 0 Å². The number of nitrogens with one attached hydrogen (secondary N) is 1. The summed E-state index contributed by atoms with van der Waals surface area (Å²) >= 11 is 1.69. The fourth-order valence-corrected chi connectivity index (χ4v) is 3.50. The van der Waals surface area contributed by atoms with E-state index < -0.39 is 0 Å². The third-order valence-corrected chi connectivity index (χ3v) is 5.10. The molecule has 0 saturated carbocycles. The number of hydrogen-bond acceptors (Lipinski definition) is 3. The third kappa shape index (κ3) is 5.43. The number of rotatable bonds is 8. The summed E-state index contributed by atoms with van der Waals surface area (Å²) in [5, 5.41) is 3.25. The molecule has 132 valence electrons. The number of nitrogens with zero attached hydrogens (tertiary/aromatic N) is 1. The van der Waals surface area contributed by atoms with Crippen LogP contribution in [0, 0.1) is 6.92 Å². The van der Waals surface area contributed by atoms with E-state index in [2.05, 4.69) is 92.2 Å². The van der Waals surface area contributed by atoms with Gasteiger partial charge in [0.25, 0.3) is 0 Å². The predicted molar refractivity (Wildman–Crippen MR) is 115 cm³/mol. The predicted octanol–water partition coefficient (Wildman–Crippen LogP) is 6.20. The Labute approximate surface area is 156 Å². The highest BCUT2D eigenvalue weighted by Crippen LogP contribution is 2.33. The second kappa shape index (κ2) is 9.38. The maximum atomic E-state index is 4.18. The van der Waals surface area contributed by atoms with Gasteiger partial charge >= 0.3 is 0 Å². The molecule has 0 fully saturated rings. The molecule has 0 unspecified atom stereocenters. The first-order chi connectivity index (χ1) is 12.1. The molecule has 0 aliphatic heterocycles. The van der Waals surface area contributed by atoms with Crippen LogP contribution in [0.15, 0.2) is 64.9 Å². The van der Waals surface area contributed by atoms with Crippen LogP contribution in [0.4, 0.5) is 11.4 Å². The Morgan fingerprint density at radius 2 is 1.80 bits per heavy atom. The zero-order valence-corrected chi connectivity index (χ0v) is 16.5. The molecule has 0 atom stereocenters. The van der Waals surface area contributed by atoms with Crippen LogP contribution in [-0.4, -0.2) is 20.1 Å². The van der Waals surface area contributed by atoms with Gasteiger partial charge in [0.05, 0.1) is 0 Å². The molecule has 0 radical (unpaired) electrons. The van der Waals surface area contributed by atoms with E-state index in [1.807, 2.05) is 7.05 Å². The van der Waals surface area contributed by atoms with Gasteiger partial charge in [-0.3, -0.25) is 0 Å². The maximum Gasteiger partial charge on any atom is 0.0482 e. The van der Waals surface area contributed by atoms with Crippen molar-refractivity contribution in [2.75, 3.05) is 30.4 Å². The normalized spacial score (nSPS) is 10.9. The third-order valence-electron chi connectivity index (χ3n) is 4.13. The molecule has 2 aromatic carbocycles. The van der Waals surface area contributed by atoms with Crippen molar-refractivity contribution in [1.82, 2.24) is 0 Å². The van der Waals surface area contributed by atoms with Crippen LogP contribution in [-0.2, 0) is 0 Å². The summed E-state index contributed by atoms with van der Waals surface area (Å²) in [5.41, 5.74) is 4.86. The zero-order chi connectivity index (χ0) is 18.2. The highest BCUT2D eigenvalue weighted by Gasteiger charge is 2.03. The smallest absolute Gasteiger partial charge is 0.0482 e. The fraction of sp³-hybridized carbons (Fsp3) is 0.273. The maximum absolute atomic E-state index is 4.18. The zero-order valence-electron chi connectivity index (χ0n) is 15.7. The summed E-state index contributed by atoms with van der Waals surface area (Å²) in [6.45, 7) is 12.7. The molecule has 1 N–H and O–H groups in total. The average Bonchev–Trinajstić information content (AvgIpc) is 2.63. The van der Waals surface area contributed by atoms with Gasteiger partial charge in [-0.1, -0.05) is 42.6 Å². The minimum Gasteiger partial charge on any atom is -0.387 e. The number of thioether (sulfide) groups is 1. The van der Waals surface area contributed by atoms with Crippen LogP contribution in [0.1, 0.15) is 25.0 Å². The Morgan fingerprint density at radius 3 is 2.40 bits per heavy atom. The summed E-state index contributed by atoms with van der Waals surface area (Å²) in [6, 6.07) is 15.1. The van der Waals surface area contributed by atoms with E-state index in [0.29, 0.717) is 0 Å². The number of anilines is 2. The standard InChI is InChI=1S/C22H28N2S/c1-6-24(7-2)20-13-11-19(12-14-20)10-9-18(4)25-22-15-8-17(3)16-21(22)23-5/h8-16,23H,4,6-7H2,1-3,5H3/b10-9+. The number of allylic oxidation sites excluding steroid dienone is 1. The van der Waals surface area contributed by atoms with E-state index >= 15 is 0 Å². The lowest BCUT2D eigenvalue weighted by Crippen LogP contribution is -2.21. The molecular weight excluding hydrogens is 324 g/mol. The first kappa shape index (κ1) is 19.2. The highest BCUT2D eigenvalue weighted by molar-refractivity contribution is 8.03. The van der Waals surface area contributed by atoms with Crippen molar-refractivity contribution in [3.05, 3.63) is 71.2 Å². The van der Waals surface area contributed by atoms with Gasteiger partial charge in [-0.05, 0) is 62.2 Å². The monoisotopic (exact) mass is 352 g/mol. The summed E-state index contributed by atoms with van der Waals surface area (Å²) in [4.78, 5) is 4.56. The van der Waals surface area contributed by atoms with Gasteiger partial charge in [-0.2, -0.15) is 0 Å². The van der Waals surface area contributed by atoms with Gasteiger partial charge in [0, 0.05) is 41.3 Å². The Bertz CT molecular complexity index is 728. The van der Waals surface area contributed by atoms with Crippen LogP contribution in [0.3, 0.4) is 0 Å². The molecule has 0 amide bonds. The number of benzene rings is 2. The fourth-order valence-electron chi connectivity index (χ4n) is 2.68. The minimum atomic E-state index is 1.02. The van der Waals surface area contributed by atoms with Crippen LogP contribution < -0.4 is 10.2 Å². The van der Waals surface area contributed by atoms with Crippen LogP contribution >= 0.6 is 11.8 Å². The number of hydrogen-bond donors (Lipinski definition) is 1. The van der Waals surface area contributed by atoms with Gasteiger partial charge in [-0.25, -0.2) is 0 Å². The Kier molecular flexibility index (Phi) is 7.20. The molecule has 0 aliphatic carbocycles. The van der Waals surface area contributed by atoms with Crippen molar-refractivity contribution < 1.29 is 0 Å². The molecule has 0 aliphatic rings. The molecule has 0 heterocycles. The largest absolute Gasteiger partial charge is 0.387 e. The summed E-state index contributed by atoms with van der Waals surface area (Å²) < 4.78 is 0. The van der Waals surface area contributed by atoms with Crippen LogP contribution in [0.5, 0.6) is 0 Å². The number of aryl methyl sites for hydroxylation is 1. The Balaban J connectivity index is 2.03. The van der Waals surface area contributed by atoms with Crippen molar-refractivity contribution in [2.45, 2.75) is 25.7 Å². The minimum absolute atomic E-state index is 1.02. The molecule has 2 aromatic rings. The van der Waals surface area contributed by atoms with Gasteiger partial charge in [0.2, 0.25) is 0 Å². The highest BCUT2D eigenvalue weighted by atomic mass is 32.2. The van der Waals surface area contributed by atoms with Gasteiger partial charge < -0.3 is 10.2 Å². The first-order valence-corrected chi connectivity index (χ1v) is 9.57. The second-order valence-electron chi connectivity index (χ2n) is 5.92. The molecule has 0 aromatic heterocycles. The van der Waals surface area contributed by atoms with E-state index in [4.69, 9.17) is 0 Å². The van der Waals surface area contributed by atoms with Gasteiger partial charge in [0.15, 0.2) is 0 Å². The quantitative estimate of drug-likeness (QED) is 0.449. The van der Waals surface area contributed by atoms with Crippen molar-refractivity contribution >= 4 is 29.2 Å². The molecule has 2 rings (SSSR count). The lowest BCUT2D eigenvalue weighted by molar-refractivity contribution is 0.866. The SMILES string of the molecule is C=C(/C=C/c1ccc(N(CC)CC)cc1)Sc1ccc(C)cc1NC. The molecule has 2 nitrogen and oxygen atoms in total. The molecule has 3 heteroatoms. The Morgan fingerprint density at radius 1 is 1.12 bits per heavy atom. The van der Waals surface area contributed by atoms with Crippen molar-refractivity contribution in [2.24, 2.45) is 0 Å². The average molecular weight is 353 g/mol. The lowest BCUT2D eigenvalue weighted by atomic mass is 10.2. The molecule has 25 heavy (non-hydrogen) atoms. The van der Waals surface area contributed by atoms with Crippen molar-refractivity contribution in [3.63, 3.8) is 0 Å². The first-order valence-electron chi connectivity index (χ1n) is 8.75. The lowest BCUT2D eigenvalue weighted by Gasteiger charge is -2.20. The van der Waals surface area contributed by atoms with E-state index in [1.165, 1.54) is 21.7 Å². The van der Waals surface area contributed by atoms with E-state index in [9.17, 15) is 0 Å². The summed E-state index contributed by atoms with van der Waals surface area (Å²) in [7, 11) is 1.95. The summed E-state index contributed by atoms with van der Waals surface area (Å²) in [5.74, 6) is 0. The van der Waals surface area contributed by atoms with Crippen LogP contribution in [0.2, 0.25) is 0 Å². The summed E-state index contributed by atoms with van der Waals surface area (Å²) in [6.07, 6.45) is 4.20. The molecule has 0 spiro atoms. The van der Waals surface area contributed by atoms with E-state index in [-0.39, 0.29) is 0 Å². The molecular formula is C22H28N2S. The molecule has 0 bridgehead atoms. The topological polar surface area (TPSA) is 15.3 Å². The molecule has 0 saturated heterocycles. The van der Waals surface area contributed by atoms with Crippen LogP contribution in [0.25, 0.3) is 6.08 Å². The van der Waals surface area contributed by atoms with E-state index in [1.54, 1.807) is 11.8 Å². The van der Waals surface area contributed by atoms with E-state index in [0.717, 1.165) is 23.7 Å². The second-order valence-corrected chi connectivity index (χ2v) is 7.08. The Hall–Kier alpha value is -2.13. The van der Waals surface area contributed by atoms with Gasteiger partial charge in [-0.15, -0.1) is 0 Å². The van der Waals surface area contributed by atoms with Crippen molar-refractivity contribution in [1.29, 1.82) is 0 Å².